The Morgan fingerprint density at radius 1 is 1.39 bits per heavy atom. The number of amides is 2. The van der Waals surface area contributed by atoms with E-state index in [1.54, 1.807) is 31.3 Å². The molecule has 0 aromatic heterocycles. The third kappa shape index (κ3) is 1.92. The Kier molecular flexibility index (Phi) is 3.01. The lowest BCUT2D eigenvalue weighted by Gasteiger charge is -2.17. The smallest absolute Gasteiger partial charge is 0.337 e. The first-order valence-electron chi connectivity index (χ1n) is 5.35. The van der Waals surface area contributed by atoms with Gasteiger partial charge in [-0.25, -0.2) is 9.59 Å². The van der Waals surface area contributed by atoms with Crippen LogP contribution in [0.15, 0.2) is 24.3 Å². The maximum atomic E-state index is 11.4. The number of hydrogen-bond acceptors (Lipinski definition) is 4. The van der Waals surface area contributed by atoms with Gasteiger partial charge in [-0.15, -0.1) is 0 Å². The summed E-state index contributed by atoms with van der Waals surface area (Å²) in [5.41, 5.74) is 1.21. The summed E-state index contributed by atoms with van der Waals surface area (Å²) in [7, 11) is 2.94. The van der Waals surface area contributed by atoms with Crippen LogP contribution in [-0.4, -0.2) is 36.9 Å². The monoisotopic (exact) mass is 247 g/mol. The number of carbonyl (C=O) groups is 2. The molecule has 1 atom stereocenters. The molecule has 2 rings (SSSR count). The number of hydrogen-bond donors (Lipinski definition) is 2. The fourth-order valence-corrected chi connectivity index (χ4v) is 1.89. The summed E-state index contributed by atoms with van der Waals surface area (Å²) in [6.07, 6.45) is 0. The van der Waals surface area contributed by atoms with Crippen molar-refractivity contribution in [2.24, 2.45) is 0 Å². The predicted molar refractivity (Wildman–Crippen MR) is 64.5 cm³/mol. The zero-order valence-electron chi connectivity index (χ0n) is 10.1. The van der Waals surface area contributed by atoms with Crippen molar-refractivity contribution in [3.05, 3.63) is 35.4 Å². The van der Waals surface area contributed by atoms with Gasteiger partial charge in [-0.1, -0.05) is 12.1 Å². The summed E-state index contributed by atoms with van der Waals surface area (Å²) >= 11 is 0. The van der Waals surface area contributed by atoms with Gasteiger partial charge in [0.1, 0.15) is 11.9 Å². The van der Waals surface area contributed by atoms with Gasteiger partial charge in [-0.05, 0) is 17.7 Å². The molecule has 6 heteroatoms. The van der Waals surface area contributed by atoms with Crippen LogP contribution in [-0.2, 0) is 4.74 Å². The highest BCUT2D eigenvalue weighted by atomic mass is 16.5. The van der Waals surface area contributed by atoms with Crippen LogP contribution in [0, 0.1) is 5.41 Å². The van der Waals surface area contributed by atoms with E-state index in [0.717, 1.165) is 5.56 Å². The predicted octanol–water partition coefficient (Wildman–Crippen LogP) is 1.15. The molecule has 1 unspecified atom stereocenters. The van der Waals surface area contributed by atoms with Crippen molar-refractivity contribution < 1.29 is 14.3 Å². The largest absolute Gasteiger partial charge is 0.465 e. The Morgan fingerprint density at radius 2 is 2.00 bits per heavy atom. The van der Waals surface area contributed by atoms with Crippen LogP contribution in [0.25, 0.3) is 0 Å². The van der Waals surface area contributed by atoms with Crippen molar-refractivity contribution in [1.82, 2.24) is 10.2 Å². The minimum atomic E-state index is -0.427. The topological polar surface area (TPSA) is 82.5 Å². The fourth-order valence-electron chi connectivity index (χ4n) is 1.89. The summed E-state index contributed by atoms with van der Waals surface area (Å²) in [6, 6.07) is 5.92. The van der Waals surface area contributed by atoms with Crippen molar-refractivity contribution in [1.29, 1.82) is 5.41 Å². The van der Waals surface area contributed by atoms with Crippen molar-refractivity contribution in [3.63, 3.8) is 0 Å². The lowest BCUT2D eigenvalue weighted by atomic mass is 10.0. The van der Waals surface area contributed by atoms with E-state index in [4.69, 9.17) is 5.41 Å². The lowest BCUT2D eigenvalue weighted by Crippen LogP contribution is -2.25. The van der Waals surface area contributed by atoms with Gasteiger partial charge in [0.05, 0.1) is 12.7 Å². The summed E-state index contributed by atoms with van der Waals surface area (Å²) in [4.78, 5) is 24.1. The molecule has 18 heavy (non-hydrogen) atoms. The molecule has 1 aliphatic heterocycles. The van der Waals surface area contributed by atoms with Crippen molar-refractivity contribution >= 4 is 17.8 Å². The quantitative estimate of drug-likeness (QED) is 0.769. The molecule has 0 spiro atoms. The maximum absolute atomic E-state index is 11.4. The number of amidine groups is 1. The van der Waals surface area contributed by atoms with Crippen LogP contribution in [0.2, 0.25) is 0 Å². The molecule has 1 fully saturated rings. The Labute approximate surface area is 104 Å². The zero-order chi connectivity index (χ0) is 13.3. The molecule has 1 aromatic rings. The molecule has 0 bridgehead atoms. The highest BCUT2D eigenvalue weighted by molar-refractivity contribution is 6.05. The van der Waals surface area contributed by atoms with Gasteiger partial charge >= 0.3 is 12.0 Å². The van der Waals surface area contributed by atoms with E-state index in [1.165, 1.54) is 12.0 Å². The molecular weight excluding hydrogens is 234 g/mol. The lowest BCUT2D eigenvalue weighted by molar-refractivity contribution is 0.0600. The van der Waals surface area contributed by atoms with Crippen LogP contribution in [0.5, 0.6) is 0 Å². The average Bonchev–Trinajstić information content (AvgIpc) is 2.63. The number of carbonyl (C=O) groups excluding carboxylic acids is 2. The van der Waals surface area contributed by atoms with Gasteiger partial charge in [-0.3, -0.25) is 10.7 Å². The van der Waals surface area contributed by atoms with Crippen LogP contribution in [0.4, 0.5) is 4.79 Å². The highest BCUT2D eigenvalue weighted by Crippen LogP contribution is 2.24. The average molecular weight is 247 g/mol. The number of urea groups is 1. The van der Waals surface area contributed by atoms with Crippen molar-refractivity contribution in [2.45, 2.75) is 6.04 Å². The number of benzene rings is 1. The van der Waals surface area contributed by atoms with E-state index in [9.17, 15) is 9.59 Å². The molecule has 0 saturated carbocycles. The van der Waals surface area contributed by atoms with E-state index in [1.807, 2.05) is 0 Å². The van der Waals surface area contributed by atoms with Gasteiger partial charge in [0, 0.05) is 7.05 Å². The van der Waals surface area contributed by atoms with Crippen LogP contribution in [0.1, 0.15) is 22.0 Å². The molecule has 1 saturated heterocycles. The van der Waals surface area contributed by atoms with Gasteiger partial charge in [-0.2, -0.15) is 0 Å². The van der Waals surface area contributed by atoms with Crippen LogP contribution >= 0.6 is 0 Å². The Balaban J connectivity index is 2.27. The van der Waals surface area contributed by atoms with E-state index in [0.29, 0.717) is 5.56 Å². The van der Waals surface area contributed by atoms with E-state index >= 15 is 0 Å². The normalized spacial score (nSPS) is 18.8. The standard InChI is InChI=1S/C12H13N3O3/c1-15-9(10(13)14-12(15)17)7-3-5-8(6-4-7)11(16)18-2/h3-6,9H,1-2H3,(H2,13,14,17). The number of esters is 1. The van der Waals surface area contributed by atoms with Crippen molar-refractivity contribution in [2.75, 3.05) is 14.2 Å². The minimum Gasteiger partial charge on any atom is -0.465 e. The SMILES string of the molecule is COC(=O)c1ccc(C2C(=N)NC(=O)N2C)cc1. The van der Waals surface area contributed by atoms with Gasteiger partial charge in [0.15, 0.2) is 0 Å². The Hall–Kier alpha value is -2.37. The number of ether oxygens (including phenoxy) is 1. The second-order valence-electron chi connectivity index (χ2n) is 3.97. The number of nitrogens with one attached hydrogen (secondary N) is 2. The first kappa shape index (κ1) is 12.1. The summed E-state index contributed by atoms with van der Waals surface area (Å²) in [5.74, 6) is -0.279. The molecule has 0 radical (unpaired) electrons. The minimum absolute atomic E-state index is 0.133. The van der Waals surface area contributed by atoms with Crippen LogP contribution < -0.4 is 5.32 Å². The van der Waals surface area contributed by atoms with Gasteiger partial charge in [0.2, 0.25) is 0 Å². The van der Waals surface area contributed by atoms with E-state index in [-0.39, 0.29) is 11.9 Å². The third-order valence-corrected chi connectivity index (χ3v) is 2.87. The highest BCUT2D eigenvalue weighted by Gasteiger charge is 2.33. The number of methoxy groups -OCH3 is 1. The number of likely N-dealkylation sites (N-methyl/N-ethyl adjacent to an activating group) is 1. The molecular formula is C12H13N3O3. The maximum Gasteiger partial charge on any atom is 0.337 e. The number of rotatable bonds is 2. The molecule has 1 heterocycles. The Bertz CT molecular complexity index is 510. The van der Waals surface area contributed by atoms with Gasteiger partial charge < -0.3 is 9.64 Å². The zero-order valence-corrected chi connectivity index (χ0v) is 10.1. The van der Waals surface area contributed by atoms with E-state index < -0.39 is 12.0 Å². The molecule has 6 nitrogen and oxygen atoms in total. The fraction of sp³-hybridized carbons (Fsp3) is 0.250. The molecule has 1 aromatic carbocycles. The van der Waals surface area contributed by atoms with Crippen LogP contribution in [0.3, 0.4) is 0 Å². The second-order valence-corrected chi connectivity index (χ2v) is 3.97. The van der Waals surface area contributed by atoms with Gasteiger partial charge in [0.25, 0.3) is 0 Å². The summed E-state index contributed by atoms with van der Waals surface area (Å²) in [6.45, 7) is 0. The summed E-state index contributed by atoms with van der Waals surface area (Å²) in [5, 5.41) is 10.2. The second kappa shape index (κ2) is 4.48. The third-order valence-electron chi connectivity index (χ3n) is 2.87. The van der Waals surface area contributed by atoms with Crippen molar-refractivity contribution in [3.8, 4) is 0 Å². The van der Waals surface area contributed by atoms with E-state index in [2.05, 4.69) is 10.1 Å². The summed E-state index contributed by atoms with van der Waals surface area (Å²) < 4.78 is 4.60. The first-order valence-corrected chi connectivity index (χ1v) is 5.35. The molecule has 2 N–H and O–H groups in total. The molecule has 94 valence electrons. The molecule has 1 aliphatic rings. The Morgan fingerprint density at radius 3 is 2.44 bits per heavy atom. The number of nitrogens with zero attached hydrogens (tertiary/aromatic N) is 1. The molecule has 0 aliphatic carbocycles. The first-order chi connectivity index (χ1) is 8.54. The molecule has 2 amide bonds.